The van der Waals surface area contributed by atoms with Gasteiger partial charge in [-0.05, 0) is 49.7 Å². The van der Waals surface area contributed by atoms with Gasteiger partial charge in [0.1, 0.15) is 0 Å². The van der Waals surface area contributed by atoms with E-state index in [0.717, 1.165) is 35.2 Å². The smallest absolute Gasteiger partial charge is 0.372 e. The largest absolute Gasteiger partial charge is 0.399 e. The Bertz CT molecular complexity index is 1030. The molecule has 3 rings (SSSR count). The Morgan fingerprint density at radius 3 is 2.55 bits per heavy atom. The van der Waals surface area contributed by atoms with E-state index in [0.29, 0.717) is 18.1 Å². The van der Waals surface area contributed by atoms with Crippen molar-refractivity contribution in [3.8, 4) is 0 Å². The lowest BCUT2D eigenvalue weighted by Crippen LogP contribution is -2.25. The molecule has 0 unspecified atom stereocenters. The summed E-state index contributed by atoms with van der Waals surface area (Å²) < 4.78 is 32.4. The number of rotatable bonds is 10. The standard InChI is InChI=1S/C19H22N4O4S2/c1-3-23(13-6-14-27-29(24,25)26-2)16-11-9-15(10-12-16)21-22-19-20-17-7-4-5-8-18(17)28-19/h4-5,7-12H,3,6,13-14H2,1-2H3. The maximum Gasteiger partial charge on any atom is 0.399 e. The van der Waals surface area contributed by atoms with Crippen molar-refractivity contribution in [2.45, 2.75) is 13.3 Å². The van der Waals surface area contributed by atoms with E-state index in [9.17, 15) is 8.42 Å². The molecule has 0 aliphatic heterocycles. The number of azo groups is 1. The van der Waals surface area contributed by atoms with Crippen LogP contribution in [0.3, 0.4) is 0 Å². The van der Waals surface area contributed by atoms with Crippen molar-refractivity contribution in [3.05, 3.63) is 48.5 Å². The molecule has 0 amide bonds. The number of fused-ring (bicyclic) bond motifs is 1. The number of aromatic nitrogens is 1. The highest BCUT2D eigenvalue weighted by atomic mass is 32.3. The number of thiazole rings is 1. The molecule has 2 aromatic carbocycles. The van der Waals surface area contributed by atoms with E-state index in [4.69, 9.17) is 4.18 Å². The van der Waals surface area contributed by atoms with E-state index >= 15 is 0 Å². The molecule has 1 aromatic heterocycles. The zero-order valence-electron chi connectivity index (χ0n) is 16.2. The summed E-state index contributed by atoms with van der Waals surface area (Å²) >= 11 is 1.50. The van der Waals surface area contributed by atoms with E-state index in [-0.39, 0.29) is 6.61 Å². The van der Waals surface area contributed by atoms with Crippen molar-refractivity contribution in [2.24, 2.45) is 10.2 Å². The Kier molecular flexibility index (Phi) is 7.26. The van der Waals surface area contributed by atoms with Gasteiger partial charge in [-0.1, -0.05) is 23.5 Å². The fraction of sp³-hybridized carbons (Fsp3) is 0.316. The summed E-state index contributed by atoms with van der Waals surface area (Å²) in [7, 11) is -2.81. The number of hydrogen-bond donors (Lipinski definition) is 0. The molecule has 8 nitrogen and oxygen atoms in total. The first kappa shape index (κ1) is 21.3. The first-order valence-electron chi connectivity index (χ1n) is 9.08. The Morgan fingerprint density at radius 1 is 1.10 bits per heavy atom. The first-order chi connectivity index (χ1) is 14.0. The van der Waals surface area contributed by atoms with Gasteiger partial charge < -0.3 is 4.90 Å². The Balaban J connectivity index is 1.57. The van der Waals surface area contributed by atoms with Crippen LogP contribution in [0.25, 0.3) is 10.2 Å². The fourth-order valence-electron chi connectivity index (χ4n) is 2.67. The van der Waals surface area contributed by atoms with Crippen LogP contribution in [-0.4, -0.2) is 40.2 Å². The van der Waals surface area contributed by atoms with Crippen LogP contribution in [0.1, 0.15) is 13.3 Å². The molecular formula is C19H22N4O4S2. The van der Waals surface area contributed by atoms with E-state index in [1.807, 2.05) is 55.5 Å². The minimum absolute atomic E-state index is 0.0706. The van der Waals surface area contributed by atoms with Crippen molar-refractivity contribution < 1.29 is 16.8 Å². The van der Waals surface area contributed by atoms with E-state index in [2.05, 4.69) is 24.3 Å². The molecule has 10 heteroatoms. The molecule has 0 bridgehead atoms. The molecule has 154 valence electrons. The predicted octanol–water partition coefficient (Wildman–Crippen LogP) is 4.84. The Hall–Kier alpha value is -2.40. The maximum atomic E-state index is 11.2. The van der Waals surface area contributed by atoms with Gasteiger partial charge in [-0.3, -0.25) is 4.18 Å². The van der Waals surface area contributed by atoms with Gasteiger partial charge >= 0.3 is 10.4 Å². The molecule has 0 atom stereocenters. The zero-order chi connectivity index (χ0) is 20.7. The number of para-hydroxylation sites is 1. The third kappa shape index (κ3) is 6.04. The Morgan fingerprint density at radius 2 is 1.86 bits per heavy atom. The highest BCUT2D eigenvalue weighted by Gasteiger charge is 2.10. The molecule has 0 aliphatic carbocycles. The Labute approximate surface area is 174 Å². The summed E-state index contributed by atoms with van der Waals surface area (Å²) in [5, 5.41) is 9.12. The van der Waals surface area contributed by atoms with Crippen molar-refractivity contribution in [2.75, 3.05) is 31.7 Å². The normalized spacial score (nSPS) is 12.1. The summed E-state index contributed by atoms with van der Waals surface area (Å²) in [6.07, 6.45) is 0.551. The molecule has 1 heterocycles. The fourth-order valence-corrected chi connectivity index (χ4v) is 3.87. The van der Waals surface area contributed by atoms with Crippen molar-refractivity contribution in [3.63, 3.8) is 0 Å². The quantitative estimate of drug-likeness (QED) is 0.335. The number of hydrogen-bond acceptors (Lipinski definition) is 9. The molecule has 0 fully saturated rings. The monoisotopic (exact) mass is 434 g/mol. The molecular weight excluding hydrogens is 412 g/mol. The predicted molar refractivity (Wildman–Crippen MR) is 115 cm³/mol. The highest BCUT2D eigenvalue weighted by Crippen LogP contribution is 2.29. The minimum Gasteiger partial charge on any atom is -0.372 e. The summed E-state index contributed by atoms with van der Waals surface area (Å²) in [6.45, 7) is 3.54. The van der Waals surface area contributed by atoms with Gasteiger partial charge in [0.15, 0.2) is 0 Å². The van der Waals surface area contributed by atoms with Crippen LogP contribution in [0, 0.1) is 0 Å². The van der Waals surface area contributed by atoms with Crippen LogP contribution in [0.15, 0.2) is 58.8 Å². The second kappa shape index (κ2) is 9.88. The lowest BCUT2D eigenvalue weighted by molar-refractivity contribution is 0.241. The molecule has 3 aromatic rings. The number of benzene rings is 2. The summed E-state index contributed by atoms with van der Waals surface area (Å²) in [5.74, 6) is 0. The lowest BCUT2D eigenvalue weighted by Gasteiger charge is -2.23. The van der Waals surface area contributed by atoms with E-state index < -0.39 is 10.4 Å². The molecule has 0 saturated carbocycles. The molecule has 0 saturated heterocycles. The molecule has 0 N–H and O–H groups in total. The van der Waals surface area contributed by atoms with Gasteiger partial charge in [-0.2, -0.15) is 8.42 Å². The third-order valence-electron chi connectivity index (χ3n) is 4.13. The second-order valence-corrected chi connectivity index (χ2v) is 8.41. The van der Waals surface area contributed by atoms with Gasteiger partial charge in [-0.25, -0.2) is 9.17 Å². The molecule has 0 radical (unpaired) electrons. The molecule has 0 aliphatic rings. The summed E-state index contributed by atoms with van der Waals surface area (Å²) in [5.41, 5.74) is 2.67. The molecule has 29 heavy (non-hydrogen) atoms. The average molecular weight is 435 g/mol. The SMILES string of the molecule is CCN(CCCOS(=O)(=O)OC)c1ccc(N=Nc2nc3ccccc3s2)cc1. The van der Waals surface area contributed by atoms with Gasteiger partial charge in [-0.15, -0.1) is 10.2 Å². The van der Waals surface area contributed by atoms with Crippen LogP contribution in [0.5, 0.6) is 0 Å². The second-order valence-electron chi connectivity index (χ2n) is 6.01. The zero-order valence-corrected chi connectivity index (χ0v) is 17.8. The number of nitrogens with zero attached hydrogens (tertiary/aromatic N) is 4. The van der Waals surface area contributed by atoms with Crippen LogP contribution < -0.4 is 4.90 Å². The number of anilines is 1. The van der Waals surface area contributed by atoms with Crippen LogP contribution in [0.2, 0.25) is 0 Å². The van der Waals surface area contributed by atoms with Gasteiger partial charge in [0.25, 0.3) is 0 Å². The first-order valence-corrected chi connectivity index (χ1v) is 11.2. The highest BCUT2D eigenvalue weighted by molar-refractivity contribution is 7.81. The van der Waals surface area contributed by atoms with Crippen molar-refractivity contribution >= 4 is 48.5 Å². The molecule has 0 spiro atoms. The van der Waals surface area contributed by atoms with E-state index in [1.165, 1.54) is 11.3 Å². The average Bonchev–Trinajstić information content (AvgIpc) is 3.16. The maximum absolute atomic E-state index is 11.2. The van der Waals surface area contributed by atoms with Crippen molar-refractivity contribution in [1.29, 1.82) is 0 Å². The summed E-state index contributed by atoms with van der Waals surface area (Å²) in [6, 6.07) is 15.6. The van der Waals surface area contributed by atoms with Crippen molar-refractivity contribution in [1.82, 2.24) is 4.98 Å². The topological polar surface area (TPSA) is 93.5 Å². The van der Waals surface area contributed by atoms with E-state index in [1.54, 1.807) is 0 Å². The van der Waals surface area contributed by atoms with Crippen LogP contribution >= 0.6 is 11.3 Å². The van der Waals surface area contributed by atoms with Gasteiger partial charge in [0.2, 0.25) is 5.13 Å². The van der Waals surface area contributed by atoms with Gasteiger partial charge in [0.05, 0.1) is 29.6 Å². The van der Waals surface area contributed by atoms with Crippen LogP contribution in [-0.2, 0) is 18.8 Å². The lowest BCUT2D eigenvalue weighted by atomic mass is 10.2. The van der Waals surface area contributed by atoms with Gasteiger partial charge in [0, 0.05) is 18.8 Å². The summed E-state index contributed by atoms with van der Waals surface area (Å²) in [4.78, 5) is 6.56. The van der Waals surface area contributed by atoms with Crippen LogP contribution in [0.4, 0.5) is 16.5 Å². The third-order valence-corrected chi connectivity index (χ3v) is 5.92. The minimum atomic E-state index is -3.88.